The molecule has 3 amide bonds. The van der Waals surface area contributed by atoms with Crippen LogP contribution in [0, 0.1) is 0 Å². The predicted molar refractivity (Wildman–Crippen MR) is 125 cm³/mol. The molecule has 1 fully saturated rings. The average Bonchev–Trinajstić information content (AvgIpc) is 3.06. The van der Waals surface area contributed by atoms with Crippen LogP contribution >= 0.6 is 11.8 Å². The van der Waals surface area contributed by atoms with Crippen LogP contribution in [0.4, 0.5) is 10.5 Å². The van der Waals surface area contributed by atoms with Crippen LogP contribution in [-0.4, -0.2) is 44.6 Å². The minimum atomic E-state index is -0.473. The lowest BCUT2D eigenvalue weighted by Gasteiger charge is -2.14. The zero-order valence-corrected chi connectivity index (χ0v) is 18.6. The molecule has 1 aromatic carbocycles. The highest BCUT2D eigenvalue weighted by Crippen LogP contribution is 2.29. The van der Waals surface area contributed by atoms with Crippen molar-refractivity contribution >= 4 is 40.3 Å². The van der Waals surface area contributed by atoms with E-state index in [1.807, 2.05) is 12.1 Å². The third kappa shape index (κ3) is 5.85. The summed E-state index contributed by atoms with van der Waals surface area (Å²) in [6, 6.07) is 10.7. The number of nitrogens with zero attached hydrogens (tertiary/aromatic N) is 3. The van der Waals surface area contributed by atoms with E-state index >= 15 is 0 Å². The van der Waals surface area contributed by atoms with Gasteiger partial charge in [0.25, 0.3) is 5.24 Å². The number of benzene rings is 1. The maximum absolute atomic E-state index is 12.6. The quantitative estimate of drug-likeness (QED) is 0.228. The normalized spacial score (nSPS) is 16.5. The van der Waals surface area contributed by atoms with E-state index in [4.69, 9.17) is 11.6 Å². The van der Waals surface area contributed by atoms with Gasteiger partial charge in [0.05, 0.1) is 5.25 Å². The number of hydrogen-bond acceptors (Lipinski definition) is 7. The molecule has 1 aliphatic heterocycles. The Hall–Kier alpha value is -3.40. The second kappa shape index (κ2) is 10.8. The highest BCUT2D eigenvalue weighted by Gasteiger charge is 2.39. The molecule has 10 heteroatoms. The van der Waals surface area contributed by atoms with Gasteiger partial charge in [-0.15, -0.1) is 0 Å². The molecule has 32 heavy (non-hydrogen) atoms. The maximum Gasteiger partial charge on any atom is 0.289 e. The van der Waals surface area contributed by atoms with E-state index in [1.54, 1.807) is 30.5 Å². The van der Waals surface area contributed by atoms with Crippen molar-refractivity contribution in [2.45, 2.75) is 37.9 Å². The Morgan fingerprint density at radius 3 is 2.59 bits per heavy atom. The number of aromatic nitrogens is 1. The first kappa shape index (κ1) is 23.3. The summed E-state index contributed by atoms with van der Waals surface area (Å²) in [5, 5.41) is 5.44. The molecule has 3 rings (SSSR count). The second-order valence-electron chi connectivity index (χ2n) is 7.32. The number of pyridine rings is 1. The number of amidine groups is 1. The van der Waals surface area contributed by atoms with Gasteiger partial charge in [-0.25, -0.2) is 0 Å². The van der Waals surface area contributed by atoms with Gasteiger partial charge in [0.1, 0.15) is 5.84 Å². The SMILES string of the molecule is CCc1ccc(CC2SC(=O)N(CCCC(=O)Nc3ccc(/C(N)=N/N)cc3)C2=O)nc1. The summed E-state index contributed by atoms with van der Waals surface area (Å²) in [5.74, 6) is 4.91. The van der Waals surface area contributed by atoms with Crippen molar-refractivity contribution in [3.63, 3.8) is 0 Å². The molecule has 168 valence electrons. The lowest BCUT2D eigenvalue weighted by atomic mass is 10.1. The van der Waals surface area contributed by atoms with Crippen molar-refractivity contribution in [1.29, 1.82) is 0 Å². The van der Waals surface area contributed by atoms with Gasteiger partial charge in [-0.2, -0.15) is 5.10 Å². The third-order valence-electron chi connectivity index (χ3n) is 5.08. The van der Waals surface area contributed by atoms with Gasteiger partial charge in [0, 0.05) is 42.5 Å². The second-order valence-corrected chi connectivity index (χ2v) is 8.48. The molecule has 2 aromatic rings. The molecule has 5 N–H and O–H groups in total. The predicted octanol–water partition coefficient (Wildman–Crippen LogP) is 2.25. The summed E-state index contributed by atoms with van der Waals surface area (Å²) in [6.07, 6.45) is 3.66. The highest BCUT2D eigenvalue weighted by molar-refractivity contribution is 8.15. The first-order chi connectivity index (χ1) is 15.4. The Morgan fingerprint density at radius 2 is 1.97 bits per heavy atom. The molecule has 0 bridgehead atoms. The fourth-order valence-electron chi connectivity index (χ4n) is 3.22. The molecule has 1 unspecified atom stereocenters. The fraction of sp³-hybridized carbons (Fsp3) is 0.318. The molecule has 1 aliphatic rings. The van der Waals surface area contributed by atoms with E-state index in [2.05, 4.69) is 22.3 Å². The van der Waals surface area contributed by atoms with Gasteiger partial charge in [-0.1, -0.05) is 24.8 Å². The minimum Gasteiger partial charge on any atom is -0.382 e. The van der Waals surface area contributed by atoms with Gasteiger partial charge >= 0.3 is 0 Å². The Balaban J connectivity index is 1.46. The summed E-state index contributed by atoms with van der Waals surface area (Å²) >= 11 is 1.02. The molecule has 0 aliphatic carbocycles. The summed E-state index contributed by atoms with van der Waals surface area (Å²) in [4.78, 5) is 42.7. The van der Waals surface area contributed by atoms with Crippen molar-refractivity contribution in [3.05, 3.63) is 59.4 Å². The van der Waals surface area contributed by atoms with Crippen molar-refractivity contribution in [1.82, 2.24) is 9.88 Å². The Kier molecular flexibility index (Phi) is 7.82. The van der Waals surface area contributed by atoms with Crippen LogP contribution in [-0.2, 0) is 22.4 Å². The Bertz CT molecular complexity index is 1010. The number of anilines is 1. The lowest BCUT2D eigenvalue weighted by Crippen LogP contribution is -2.33. The third-order valence-corrected chi connectivity index (χ3v) is 6.16. The van der Waals surface area contributed by atoms with Crippen LogP contribution in [0.15, 0.2) is 47.7 Å². The minimum absolute atomic E-state index is 0.181. The van der Waals surface area contributed by atoms with Gasteiger partial charge in [-0.05, 0) is 48.7 Å². The van der Waals surface area contributed by atoms with Crippen LogP contribution in [0.1, 0.15) is 36.6 Å². The number of carbonyl (C=O) groups is 3. The fourth-order valence-corrected chi connectivity index (χ4v) is 4.26. The molecular formula is C22H26N6O3S. The number of hydrogen-bond donors (Lipinski definition) is 3. The first-order valence-electron chi connectivity index (χ1n) is 10.3. The van der Waals surface area contributed by atoms with E-state index in [9.17, 15) is 14.4 Å². The van der Waals surface area contributed by atoms with E-state index in [-0.39, 0.29) is 35.9 Å². The smallest absolute Gasteiger partial charge is 0.289 e. The van der Waals surface area contributed by atoms with Crippen molar-refractivity contribution in [2.75, 3.05) is 11.9 Å². The molecular weight excluding hydrogens is 428 g/mol. The van der Waals surface area contributed by atoms with Crippen LogP contribution in [0.5, 0.6) is 0 Å². The molecule has 0 spiro atoms. The molecule has 0 saturated carbocycles. The van der Waals surface area contributed by atoms with Gasteiger partial charge < -0.3 is 16.9 Å². The molecule has 1 atom stereocenters. The van der Waals surface area contributed by atoms with Gasteiger partial charge in [0.15, 0.2) is 0 Å². The number of thioether (sulfide) groups is 1. The number of hydrazone groups is 1. The Labute approximate surface area is 190 Å². The number of nitrogens with one attached hydrogen (secondary N) is 1. The maximum atomic E-state index is 12.6. The van der Waals surface area contributed by atoms with Crippen LogP contribution < -0.4 is 16.9 Å². The van der Waals surface area contributed by atoms with Crippen molar-refractivity contribution < 1.29 is 14.4 Å². The number of carbonyl (C=O) groups excluding carboxylic acids is 3. The zero-order chi connectivity index (χ0) is 23.1. The summed E-state index contributed by atoms with van der Waals surface area (Å²) < 4.78 is 0. The number of imide groups is 1. The average molecular weight is 455 g/mol. The van der Waals surface area contributed by atoms with E-state index in [1.165, 1.54) is 4.90 Å². The van der Waals surface area contributed by atoms with E-state index in [0.29, 0.717) is 24.1 Å². The number of nitrogens with two attached hydrogens (primary N) is 2. The molecule has 1 saturated heterocycles. The largest absolute Gasteiger partial charge is 0.382 e. The number of rotatable bonds is 9. The summed E-state index contributed by atoms with van der Waals surface area (Å²) in [7, 11) is 0. The van der Waals surface area contributed by atoms with Crippen LogP contribution in [0.2, 0.25) is 0 Å². The first-order valence-corrected chi connectivity index (χ1v) is 11.2. The van der Waals surface area contributed by atoms with Crippen LogP contribution in [0.3, 0.4) is 0 Å². The van der Waals surface area contributed by atoms with E-state index in [0.717, 1.165) is 29.4 Å². The zero-order valence-electron chi connectivity index (χ0n) is 17.8. The topological polar surface area (TPSA) is 144 Å². The summed E-state index contributed by atoms with van der Waals surface area (Å²) in [6.45, 7) is 2.26. The van der Waals surface area contributed by atoms with Gasteiger partial charge in [-0.3, -0.25) is 24.3 Å². The molecule has 1 aromatic heterocycles. The summed E-state index contributed by atoms with van der Waals surface area (Å²) in [5.41, 5.74) is 8.80. The number of aryl methyl sites for hydroxylation is 1. The molecule has 0 radical (unpaired) electrons. The lowest BCUT2D eigenvalue weighted by molar-refractivity contribution is -0.127. The van der Waals surface area contributed by atoms with Crippen molar-refractivity contribution in [2.24, 2.45) is 16.7 Å². The molecule has 2 heterocycles. The molecule has 9 nitrogen and oxygen atoms in total. The van der Waals surface area contributed by atoms with Crippen molar-refractivity contribution in [3.8, 4) is 0 Å². The standard InChI is InChI=1S/C22H26N6O3S/c1-2-14-5-8-17(25-13-14)12-18-21(30)28(22(31)32-18)11-3-4-19(29)26-16-9-6-15(7-10-16)20(23)27-24/h5-10,13,18H,2-4,11-12,24H2,1H3,(H2,23,27)(H,26,29). The van der Waals surface area contributed by atoms with Gasteiger partial charge in [0.2, 0.25) is 11.8 Å². The monoisotopic (exact) mass is 454 g/mol. The van der Waals surface area contributed by atoms with Crippen LogP contribution in [0.25, 0.3) is 0 Å². The van der Waals surface area contributed by atoms with E-state index < -0.39 is 5.25 Å². The highest BCUT2D eigenvalue weighted by atomic mass is 32.2. The number of amides is 3. The Morgan fingerprint density at radius 1 is 1.22 bits per heavy atom.